The van der Waals surface area contributed by atoms with Crippen molar-refractivity contribution < 1.29 is 9.52 Å². The van der Waals surface area contributed by atoms with Gasteiger partial charge in [-0.25, -0.2) is 0 Å². The Hall–Kier alpha value is -3.21. The summed E-state index contributed by atoms with van der Waals surface area (Å²) in [5, 5.41) is 33.9. The smallest absolute Gasteiger partial charge is 0.247 e. The number of aliphatic hydroxyl groups is 1. The Labute approximate surface area is 159 Å². The summed E-state index contributed by atoms with van der Waals surface area (Å²) in [5.74, 6) is 0.704. The van der Waals surface area contributed by atoms with Gasteiger partial charge in [-0.05, 0) is 42.6 Å². The van der Waals surface area contributed by atoms with Crippen LogP contribution < -0.4 is 5.32 Å². The standard InChI is InChI=1S/C20H16N4O2S/c1-12(25)17(20-24-23-19(26-20)13-5-3-2-4-6-13)22-16-8-7-14(11-21)18-15(16)9-10-27-18/h2-10,12,17,22,25H,1H3/t12-,17+/m0/s1. The van der Waals surface area contributed by atoms with Gasteiger partial charge in [0.05, 0.1) is 16.4 Å². The Balaban J connectivity index is 1.68. The largest absolute Gasteiger partial charge is 0.418 e. The van der Waals surface area contributed by atoms with Gasteiger partial charge in [0.25, 0.3) is 0 Å². The fourth-order valence-corrected chi connectivity index (χ4v) is 3.78. The minimum Gasteiger partial charge on any atom is -0.418 e. The first-order valence-electron chi connectivity index (χ1n) is 8.41. The van der Waals surface area contributed by atoms with E-state index < -0.39 is 12.1 Å². The molecule has 0 aliphatic rings. The molecular formula is C20H16N4O2S. The van der Waals surface area contributed by atoms with E-state index in [9.17, 15) is 10.4 Å². The Morgan fingerprint density at radius 3 is 2.70 bits per heavy atom. The SMILES string of the molecule is C[C@H](O)[C@@H](Nc1ccc(C#N)c2sccc12)c1nnc(-c2ccccc2)o1. The molecule has 0 bridgehead atoms. The molecule has 4 aromatic rings. The van der Waals surface area contributed by atoms with Crippen molar-refractivity contribution >= 4 is 27.1 Å². The van der Waals surface area contributed by atoms with Crippen molar-refractivity contribution in [2.24, 2.45) is 0 Å². The number of nitrogens with one attached hydrogen (secondary N) is 1. The minimum absolute atomic E-state index is 0.302. The first kappa shape index (κ1) is 17.2. The Morgan fingerprint density at radius 1 is 1.15 bits per heavy atom. The Kier molecular flexibility index (Phi) is 4.59. The average molecular weight is 376 g/mol. The summed E-state index contributed by atoms with van der Waals surface area (Å²) < 4.78 is 6.71. The zero-order chi connectivity index (χ0) is 18.8. The average Bonchev–Trinajstić information content (AvgIpc) is 3.36. The number of thiophene rings is 1. The lowest BCUT2D eigenvalue weighted by Gasteiger charge is -2.20. The van der Waals surface area contributed by atoms with Gasteiger partial charge in [-0.15, -0.1) is 21.5 Å². The third-order valence-corrected chi connectivity index (χ3v) is 5.21. The highest BCUT2D eigenvalue weighted by Crippen LogP contribution is 2.34. The van der Waals surface area contributed by atoms with E-state index in [0.29, 0.717) is 17.3 Å². The van der Waals surface area contributed by atoms with Crippen LogP contribution >= 0.6 is 11.3 Å². The van der Waals surface area contributed by atoms with Crippen LogP contribution in [-0.4, -0.2) is 21.4 Å². The highest BCUT2D eigenvalue weighted by Gasteiger charge is 2.25. The number of nitriles is 1. The van der Waals surface area contributed by atoms with Crippen LogP contribution in [0.15, 0.2) is 58.3 Å². The van der Waals surface area contributed by atoms with Gasteiger partial charge in [0, 0.05) is 16.6 Å². The molecule has 27 heavy (non-hydrogen) atoms. The molecule has 7 heteroatoms. The molecule has 2 atom stereocenters. The summed E-state index contributed by atoms with van der Waals surface area (Å²) in [6.45, 7) is 1.67. The van der Waals surface area contributed by atoms with E-state index in [1.807, 2.05) is 47.8 Å². The summed E-state index contributed by atoms with van der Waals surface area (Å²) in [5.41, 5.74) is 2.25. The second-order valence-corrected chi connectivity index (χ2v) is 7.03. The van der Waals surface area contributed by atoms with E-state index in [0.717, 1.165) is 21.3 Å². The van der Waals surface area contributed by atoms with Gasteiger partial charge in [-0.1, -0.05) is 18.2 Å². The van der Waals surface area contributed by atoms with Gasteiger partial charge in [0.2, 0.25) is 11.8 Å². The molecule has 0 fully saturated rings. The van der Waals surface area contributed by atoms with Crippen molar-refractivity contribution in [3.05, 3.63) is 65.4 Å². The number of aliphatic hydroxyl groups excluding tert-OH is 1. The molecule has 0 amide bonds. The molecule has 6 nitrogen and oxygen atoms in total. The van der Waals surface area contributed by atoms with Crippen molar-refractivity contribution in [2.45, 2.75) is 19.1 Å². The van der Waals surface area contributed by atoms with E-state index >= 15 is 0 Å². The number of nitrogens with zero attached hydrogens (tertiary/aromatic N) is 3. The third-order valence-electron chi connectivity index (χ3n) is 4.26. The molecule has 0 aliphatic heterocycles. The molecule has 2 heterocycles. The fraction of sp³-hybridized carbons (Fsp3) is 0.150. The maximum Gasteiger partial charge on any atom is 0.247 e. The third kappa shape index (κ3) is 3.28. The van der Waals surface area contributed by atoms with Crippen LogP contribution in [0, 0.1) is 11.3 Å². The minimum atomic E-state index is -0.765. The first-order valence-corrected chi connectivity index (χ1v) is 9.29. The maximum atomic E-state index is 10.3. The lowest BCUT2D eigenvalue weighted by Crippen LogP contribution is -2.23. The molecule has 0 radical (unpaired) electrons. The monoisotopic (exact) mass is 376 g/mol. The summed E-state index contributed by atoms with van der Waals surface area (Å²) in [4.78, 5) is 0. The molecule has 0 spiro atoms. The number of benzene rings is 2. The van der Waals surface area contributed by atoms with E-state index in [2.05, 4.69) is 21.6 Å². The molecule has 0 saturated heterocycles. The van der Waals surface area contributed by atoms with Gasteiger partial charge in [0.15, 0.2) is 0 Å². The van der Waals surface area contributed by atoms with E-state index in [1.165, 1.54) is 11.3 Å². The molecule has 0 aliphatic carbocycles. The van der Waals surface area contributed by atoms with E-state index in [-0.39, 0.29) is 0 Å². The Morgan fingerprint density at radius 2 is 1.96 bits per heavy atom. The number of rotatable bonds is 5. The van der Waals surface area contributed by atoms with Gasteiger partial charge in [-0.2, -0.15) is 5.26 Å². The number of hydrogen-bond acceptors (Lipinski definition) is 7. The van der Waals surface area contributed by atoms with Gasteiger partial charge < -0.3 is 14.8 Å². The quantitative estimate of drug-likeness (QED) is 0.537. The Bertz CT molecular complexity index is 1110. The lowest BCUT2D eigenvalue weighted by molar-refractivity contribution is 0.160. The highest BCUT2D eigenvalue weighted by atomic mass is 32.1. The predicted octanol–water partition coefficient (Wildman–Crippen LogP) is 4.36. The lowest BCUT2D eigenvalue weighted by atomic mass is 10.1. The van der Waals surface area contributed by atoms with Crippen LogP contribution in [-0.2, 0) is 0 Å². The van der Waals surface area contributed by atoms with Crippen molar-refractivity contribution in [3.8, 4) is 17.5 Å². The van der Waals surface area contributed by atoms with Crippen molar-refractivity contribution in [1.29, 1.82) is 5.26 Å². The highest BCUT2D eigenvalue weighted by molar-refractivity contribution is 7.17. The van der Waals surface area contributed by atoms with Crippen LogP contribution in [0.1, 0.15) is 24.4 Å². The number of aromatic nitrogens is 2. The van der Waals surface area contributed by atoms with Crippen molar-refractivity contribution in [3.63, 3.8) is 0 Å². The van der Waals surface area contributed by atoms with Crippen LogP contribution in [0.5, 0.6) is 0 Å². The fourth-order valence-electron chi connectivity index (χ4n) is 2.89. The van der Waals surface area contributed by atoms with Crippen LogP contribution in [0.3, 0.4) is 0 Å². The summed E-state index contributed by atoms with van der Waals surface area (Å²) in [6.07, 6.45) is -0.765. The molecular weight excluding hydrogens is 360 g/mol. The summed E-state index contributed by atoms with van der Waals surface area (Å²) in [7, 11) is 0. The predicted molar refractivity (Wildman–Crippen MR) is 104 cm³/mol. The van der Waals surface area contributed by atoms with Gasteiger partial charge >= 0.3 is 0 Å². The zero-order valence-electron chi connectivity index (χ0n) is 14.5. The van der Waals surface area contributed by atoms with Crippen molar-refractivity contribution in [2.75, 3.05) is 5.32 Å². The molecule has 0 saturated carbocycles. The molecule has 134 valence electrons. The van der Waals surface area contributed by atoms with E-state index in [4.69, 9.17) is 4.42 Å². The topological polar surface area (TPSA) is 95.0 Å². The molecule has 2 N–H and O–H groups in total. The maximum absolute atomic E-state index is 10.3. The second-order valence-electron chi connectivity index (χ2n) is 6.11. The molecule has 0 unspecified atom stereocenters. The molecule has 2 aromatic carbocycles. The van der Waals surface area contributed by atoms with Gasteiger partial charge in [0.1, 0.15) is 12.1 Å². The van der Waals surface area contributed by atoms with Gasteiger partial charge in [-0.3, -0.25) is 0 Å². The molecule has 2 aromatic heterocycles. The number of fused-ring (bicyclic) bond motifs is 1. The summed E-state index contributed by atoms with van der Waals surface area (Å²) >= 11 is 1.51. The summed E-state index contributed by atoms with van der Waals surface area (Å²) in [6, 6.07) is 16.7. The van der Waals surface area contributed by atoms with Crippen LogP contribution in [0.25, 0.3) is 21.5 Å². The van der Waals surface area contributed by atoms with Crippen molar-refractivity contribution in [1.82, 2.24) is 10.2 Å². The van der Waals surface area contributed by atoms with E-state index in [1.54, 1.807) is 13.0 Å². The normalized spacial score (nSPS) is 13.2. The van der Waals surface area contributed by atoms with Crippen LogP contribution in [0.2, 0.25) is 0 Å². The second kappa shape index (κ2) is 7.19. The molecule has 4 rings (SSSR count). The number of anilines is 1. The number of hydrogen-bond donors (Lipinski definition) is 2. The first-order chi connectivity index (χ1) is 13.2. The van der Waals surface area contributed by atoms with Crippen LogP contribution in [0.4, 0.5) is 5.69 Å². The zero-order valence-corrected chi connectivity index (χ0v) is 15.3.